The van der Waals surface area contributed by atoms with E-state index < -0.39 is 0 Å². The molecule has 0 aliphatic carbocycles. The molecule has 1 aromatic heterocycles. The number of anilines is 1. The van der Waals surface area contributed by atoms with E-state index in [0.717, 1.165) is 19.4 Å². The Labute approximate surface area is 133 Å². The van der Waals surface area contributed by atoms with Gasteiger partial charge in [0.2, 0.25) is 5.91 Å². The number of amides is 2. The summed E-state index contributed by atoms with van der Waals surface area (Å²) in [4.78, 5) is 26.5. The van der Waals surface area contributed by atoms with Gasteiger partial charge in [0.25, 0.3) is 5.91 Å². The molecule has 2 heterocycles. The first-order valence-electron chi connectivity index (χ1n) is 7.38. The molecule has 0 saturated carbocycles. The third kappa shape index (κ3) is 3.04. The Morgan fingerprint density at radius 3 is 2.68 bits per heavy atom. The second-order valence-electron chi connectivity index (χ2n) is 5.41. The van der Waals surface area contributed by atoms with Gasteiger partial charge in [-0.3, -0.25) is 9.59 Å². The van der Waals surface area contributed by atoms with Crippen molar-refractivity contribution in [2.24, 2.45) is 0 Å². The molecule has 1 aliphatic rings. The van der Waals surface area contributed by atoms with Crippen LogP contribution in [0.15, 0.2) is 42.5 Å². The van der Waals surface area contributed by atoms with Gasteiger partial charge in [0.15, 0.2) is 0 Å². The molecule has 1 atom stereocenters. The van der Waals surface area contributed by atoms with E-state index >= 15 is 0 Å². The first kappa shape index (κ1) is 14.8. The van der Waals surface area contributed by atoms with Crippen molar-refractivity contribution in [1.82, 2.24) is 4.90 Å². The summed E-state index contributed by atoms with van der Waals surface area (Å²) in [6.45, 7) is 2.25. The largest absolute Gasteiger partial charge is 0.331 e. The van der Waals surface area contributed by atoms with Crippen molar-refractivity contribution >= 4 is 28.2 Å². The molecule has 1 saturated heterocycles. The summed E-state index contributed by atoms with van der Waals surface area (Å²) in [5.74, 6) is -0.0721. The van der Waals surface area contributed by atoms with Crippen LogP contribution in [0.4, 0.5) is 5.00 Å². The first-order valence-corrected chi connectivity index (χ1v) is 8.20. The van der Waals surface area contributed by atoms with Crippen LogP contribution in [-0.2, 0) is 4.79 Å². The molecule has 5 heteroatoms. The van der Waals surface area contributed by atoms with Gasteiger partial charge in [-0.1, -0.05) is 30.3 Å². The zero-order valence-corrected chi connectivity index (χ0v) is 13.2. The number of hydrogen-bond acceptors (Lipinski definition) is 3. The van der Waals surface area contributed by atoms with Crippen molar-refractivity contribution in [3.05, 3.63) is 52.9 Å². The van der Waals surface area contributed by atoms with Crippen LogP contribution in [0, 0.1) is 0 Å². The molecule has 1 aliphatic heterocycles. The summed E-state index contributed by atoms with van der Waals surface area (Å²) < 4.78 is 0. The van der Waals surface area contributed by atoms with Gasteiger partial charge >= 0.3 is 0 Å². The number of benzene rings is 1. The summed E-state index contributed by atoms with van der Waals surface area (Å²) in [5, 5.41) is 3.44. The van der Waals surface area contributed by atoms with Crippen LogP contribution in [0.1, 0.15) is 41.0 Å². The number of carbonyl (C=O) groups is 2. The zero-order chi connectivity index (χ0) is 15.5. The summed E-state index contributed by atoms with van der Waals surface area (Å²) in [5.41, 5.74) is 1.19. The fraction of sp³-hybridized carbons (Fsp3) is 0.294. The van der Waals surface area contributed by atoms with Gasteiger partial charge in [0.1, 0.15) is 0 Å². The summed E-state index contributed by atoms with van der Waals surface area (Å²) in [6.07, 6.45) is 2.02. The summed E-state index contributed by atoms with van der Waals surface area (Å²) in [6, 6.07) is 13.9. The molecule has 1 aromatic carbocycles. The Morgan fingerprint density at radius 1 is 1.18 bits per heavy atom. The average Bonchev–Trinajstić information content (AvgIpc) is 3.16. The van der Waals surface area contributed by atoms with Gasteiger partial charge in [0.05, 0.1) is 15.9 Å². The molecule has 1 fully saturated rings. The minimum absolute atomic E-state index is 0.0490. The lowest BCUT2D eigenvalue weighted by atomic mass is 10.0. The van der Waals surface area contributed by atoms with E-state index in [1.54, 1.807) is 12.1 Å². The number of thiophene rings is 1. The Balaban J connectivity index is 1.79. The first-order chi connectivity index (χ1) is 10.6. The van der Waals surface area contributed by atoms with Gasteiger partial charge < -0.3 is 10.2 Å². The number of nitrogens with zero attached hydrogens (tertiary/aromatic N) is 1. The van der Waals surface area contributed by atoms with Gasteiger partial charge in [-0.25, -0.2) is 0 Å². The Hall–Kier alpha value is -2.14. The van der Waals surface area contributed by atoms with Crippen LogP contribution < -0.4 is 5.32 Å². The van der Waals surface area contributed by atoms with Crippen molar-refractivity contribution < 1.29 is 9.59 Å². The smallest absolute Gasteiger partial charge is 0.264 e. The third-order valence-corrected chi connectivity index (χ3v) is 4.80. The van der Waals surface area contributed by atoms with E-state index in [-0.39, 0.29) is 17.9 Å². The molecular formula is C17H18N2O2S. The van der Waals surface area contributed by atoms with Gasteiger partial charge in [0, 0.05) is 13.5 Å². The number of hydrogen-bond donors (Lipinski definition) is 1. The van der Waals surface area contributed by atoms with Gasteiger partial charge in [-0.05, 0) is 30.5 Å². The number of nitrogens with one attached hydrogen (secondary N) is 1. The minimum Gasteiger partial charge on any atom is -0.331 e. The van der Waals surface area contributed by atoms with E-state index in [2.05, 4.69) is 17.4 Å². The normalized spacial score (nSPS) is 17.5. The highest BCUT2D eigenvalue weighted by atomic mass is 32.1. The van der Waals surface area contributed by atoms with Crippen molar-refractivity contribution in [2.75, 3.05) is 11.9 Å². The van der Waals surface area contributed by atoms with E-state index in [0.29, 0.717) is 9.88 Å². The lowest BCUT2D eigenvalue weighted by Gasteiger charge is -2.24. The van der Waals surface area contributed by atoms with Crippen LogP contribution in [0.5, 0.6) is 0 Å². The van der Waals surface area contributed by atoms with Crippen LogP contribution in [0.2, 0.25) is 0 Å². The van der Waals surface area contributed by atoms with Crippen molar-refractivity contribution in [3.63, 3.8) is 0 Å². The predicted octanol–water partition coefficient (Wildman–Crippen LogP) is 3.68. The highest BCUT2D eigenvalue weighted by molar-refractivity contribution is 7.18. The summed E-state index contributed by atoms with van der Waals surface area (Å²) >= 11 is 1.33. The van der Waals surface area contributed by atoms with Crippen LogP contribution in [0.3, 0.4) is 0 Å². The molecule has 4 nitrogen and oxygen atoms in total. The standard InChI is InChI=1S/C17H18N2O2S/c1-12(20)18-16-10-9-15(22-16)17(21)19-11-5-8-14(19)13-6-3-2-4-7-13/h2-4,6-7,9-10,14H,5,8,11H2,1H3,(H,18,20)/t14-/m0/s1. The SMILES string of the molecule is CC(=O)Nc1ccc(C(=O)N2CCC[C@H]2c2ccccc2)s1. The topological polar surface area (TPSA) is 49.4 Å². The van der Waals surface area contributed by atoms with E-state index in [4.69, 9.17) is 0 Å². The van der Waals surface area contributed by atoms with Gasteiger partial charge in [-0.2, -0.15) is 0 Å². The van der Waals surface area contributed by atoms with E-state index in [1.807, 2.05) is 23.1 Å². The second-order valence-corrected chi connectivity index (χ2v) is 6.50. The monoisotopic (exact) mass is 314 g/mol. The molecule has 0 bridgehead atoms. The molecule has 3 rings (SSSR count). The number of likely N-dealkylation sites (tertiary alicyclic amines) is 1. The van der Waals surface area contributed by atoms with Crippen molar-refractivity contribution in [3.8, 4) is 0 Å². The Morgan fingerprint density at radius 2 is 1.95 bits per heavy atom. The second kappa shape index (κ2) is 6.32. The molecule has 22 heavy (non-hydrogen) atoms. The van der Waals surface area contributed by atoms with Crippen LogP contribution in [-0.4, -0.2) is 23.3 Å². The lowest BCUT2D eigenvalue weighted by molar-refractivity contribution is -0.114. The van der Waals surface area contributed by atoms with Crippen LogP contribution >= 0.6 is 11.3 Å². The van der Waals surface area contributed by atoms with Crippen molar-refractivity contribution in [2.45, 2.75) is 25.8 Å². The molecule has 2 aromatic rings. The number of rotatable bonds is 3. The fourth-order valence-electron chi connectivity index (χ4n) is 2.87. The van der Waals surface area contributed by atoms with E-state index in [1.165, 1.54) is 23.8 Å². The molecule has 0 unspecified atom stereocenters. The van der Waals surface area contributed by atoms with Crippen LogP contribution in [0.25, 0.3) is 0 Å². The van der Waals surface area contributed by atoms with Gasteiger partial charge in [-0.15, -0.1) is 11.3 Å². The molecule has 114 valence electrons. The maximum atomic E-state index is 12.8. The maximum absolute atomic E-state index is 12.8. The molecule has 2 amide bonds. The average molecular weight is 314 g/mol. The Kier molecular flexibility index (Phi) is 4.24. The highest BCUT2D eigenvalue weighted by Crippen LogP contribution is 2.34. The molecular weight excluding hydrogens is 296 g/mol. The number of carbonyl (C=O) groups excluding carboxylic acids is 2. The third-order valence-electron chi connectivity index (χ3n) is 3.81. The zero-order valence-electron chi connectivity index (χ0n) is 12.4. The molecule has 0 spiro atoms. The minimum atomic E-state index is -0.121. The Bertz CT molecular complexity index is 681. The molecule has 1 N–H and O–H groups in total. The van der Waals surface area contributed by atoms with Crippen molar-refractivity contribution in [1.29, 1.82) is 0 Å². The lowest BCUT2D eigenvalue weighted by Crippen LogP contribution is -2.29. The molecule has 0 radical (unpaired) electrons. The quantitative estimate of drug-likeness (QED) is 0.939. The fourth-order valence-corrected chi connectivity index (χ4v) is 3.77. The summed E-state index contributed by atoms with van der Waals surface area (Å²) in [7, 11) is 0. The predicted molar refractivity (Wildman–Crippen MR) is 88.1 cm³/mol. The van der Waals surface area contributed by atoms with E-state index in [9.17, 15) is 9.59 Å². The maximum Gasteiger partial charge on any atom is 0.264 e. The highest BCUT2D eigenvalue weighted by Gasteiger charge is 2.31.